The monoisotopic (exact) mass is 279 g/mol. The average Bonchev–Trinajstić information content (AvgIpc) is 2.41. The number of anilines is 2. The van der Waals surface area contributed by atoms with Gasteiger partial charge in [0.1, 0.15) is 11.6 Å². The van der Waals surface area contributed by atoms with E-state index >= 15 is 0 Å². The van der Waals surface area contributed by atoms with Gasteiger partial charge in [-0.1, -0.05) is 23.7 Å². The number of benzene rings is 1. The number of hydrogen-bond donors (Lipinski definition) is 2. The van der Waals surface area contributed by atoms with Gasteiger partial charge >= 0.3 is 0 Å². The molecule has 4 nitrogen and oxygen atoms in total. The van der Waals surface area contributed by atoms with Crippen LogP contribution in [-0.4, -0.2) is 17.9 Å². The second-order valence-corrected chi connectivity index (χ2v) is 4.15. The molecule has 0 fully saturated rings. The van der Waals surface area contributed by atoms with Crippen LogP contribution in [0.25, 0.3) is 0 Å². The largest absolute Gasteiger partial charge is 0.372 e. The number of pyridine rings is 1. The van der Waals surface area contributed by atoms with E-state index in [0.717, 1.165) is 0 Å². The summed E-state index contributed by atoms with van der Waals surface area (Å²) in [6, 6.07) is 7.39. The summed E-state index contributed by atoms with van der Waals surface area (Å²) in [7, 11) is 1.67. The van der Waals surface area contributed by atoms with Gasteiger partial charge in [0.2, 0.25) is 0 Å². The second-order valence-electron chi connectivity index (χ2n) is 3.74. The van der Waals surface area contributed by atoms with Gasteiger partial charge in [0.15, 0.2) is 0 Å². The molecule has 1 aromatic carbocycles. The molecule has 19 heavy (non-hydrogen) atoms. The van der Waals surface area contributed by atoms with Crippen LogP contribution >= 0.6 is 11.6 Å². The van der Waals surface area contributed by atoms with Crippen molar-refractivity contribution in [3.63, 3.8) is 0 Å². The van der Waals surface area contributed by atoms with Crippen LogP contribution in [0.15, 0.2) is 36.5 Å². The summed E-state index contributed by atoms with van der Waals surface area (Å²) in [5, 5.41) is 5.57. The number of carbonyl (C=O) groups excluding carboxylic acids is 1. The second kappa shape index (κ2) is 5.67. The van der Waals surface area contributed by atoms with Gasteiger partial charge in [0.25, 0.3) is 5.91 Å². The molecule has 0 unspecified atom stereocenters. The Kier molecular flexibility index (Phi) is 3.97. The number of carbonyl (C=O) groups is 1. The zero-order valence-electron chi connectivity index (χ0n) is 10.1. The van der Waals surface area contributed by atoms with E-state index in [1.165, 1.54) is 24.4 Å². The van der Waals surface area contributed by atoms with Crippen molar-refractivity contribution >= 4 is 29.0 Å². The smallest absolute Gasteiger partial charge is 0.257 e. The first-order valence-corrected chi connectivity index (χ1v) is 5.89. The molecule has 0 aliphatic rings. The predicted octanol–water partition coefficient (Wildman–Crippen LogP) is 3.17. The van der Waals surface area contributed by atoms with E-state index in [2.05, 4.69) is 15.6 Å². The van der Waals surface area contributed by atoms with Crippen LogP contribution in [0, 0.1) is 5.82 Å². The highest BCUT2D eigenvalue weighted by atomic mass is 35.5. The third-order valence-corrected chi connectivity index (χ3v) is 2.75. The number of nitrogens with one attached hydrogen (secondary N) is 2. The Balaban J connectivity index is 2.21. The van der Waals surface area contributed by atoms with Crippen LogP contribution in [-0.2, 0) is 0 Å². The van der Waals surface area contributed by atoms with Crippen LogP contribution < -0.4 is 10.6 Å². The number of rotatable bonds is 3. The van der Waals surface area contributed by atoms with E-state index in [4.69, 9.17) is 11.6 Å². The average molecular weight is 280 g/mol. The molecular weight excluding hydrogens is 269 g/mol. The zero-order chi connectivity index (χ0) is 13.8. The van der Waals surface area contributed by atoms with E-state index in [9.17, 15) is 9.18 Å². The third kappa shape index (κ3) is 3.00. The van der Waals surface area contributed by atoms with Crippen LogP contribution in [0.4, 0.5) is 15.9 Å². The lowest BCUT2D eigenvalue weighted by Gasteiger charge is -2.07. The predicted molar refractivity (Wildman–Crippen MR) is 73.1 cm³/mol. The van der Waals surface area contributed by atoms with Gasteiger partial charge in [0, 0.05) is 13.2 Å². The van der Waals surface area contributed by atoms with Crippen molar-refractivity contribution < 1.29 is 9.18 Å². The number of halogens is 2. The summed E-state index contributed by atoms with van der Waals surface area (Å²) in [4.78, 5) is 15.9. The molecule has 0 saturated carbocycles. The number of amides is 1. The molecule has 0 spiro atoms. The molecular formula is C13H11ClFN3O. The van der Waals surface area contributed by atoms with Gasteiger partial charge in [-0.05, 0) is 18.2 Å². The van der Waals surface area contributed by atoms with Crippen molar-refractivity contribution in [1.29, 1.82) is 0 Å². The zero-order valence-corrected chi connectivity index (χ0v) is 10.8. The molecule has 0 radical (unpaired) electrons. The molecule has 1 aromatic heterocycles. The molecule has 6 heteroatoms. The lowest BCUT2D eigenvalue weighted by molar-refractivity contribution is 0.102. The van der Waals surface area contributed by atoms with Crippen molar-refractivity contribution in [2.75, 3.05) is 17.7 Å². The number of nitrogens with zero attached hydrogens (tertiary/aromatic N) is 1. The molecule has 0 bridgehead atoms. The van der Waals surface area contributed by atoms with Gasteiger partial charge in [-0.2, -0.15) is 0 Å². The normalized spacial score (nSPS) is 10.1. The SMILES string of the molecule is CNc1ncc(C(=O)Nc2ccccc2F)cc1Cl. The highest BCUT2D eigenvalue weighted by Gasteiger charge is 2.11. The first-order valence-electron chi connectivity index (χ1n) is 5.51. The molecule has 2 N–H and O–H groups in total. The summed E-state index contributed by atoms with van der Waals surface area (Å²) in [5.41, 5.74) is 0.369. The van der Waals surface area contributed by atoms with Crippen molar-refractivity contribution in [3.05, 3.63) is 52.9 Å². The maximum atomic E-state index is 13.4. The fourth-order valence-electron chi connectivity index (χ4n) is 1.50. The van der Waals surface area contributed by atoms with E-state index in [1.807, 2.05) is 0 Å². The van der Waals surface area contributed by atoms with Crippen molar-refractivity contribution in [3.8, 4) is 0 Å². The first kappa shape index (κ1) is 13.3. The Morgan fingerprint density at radius 3 is 2.74 bits per heavy atom. The Bertz CT molecular complexity index is 619. The fraction of sp³-hybridized carbons (Fsp3) is 0.0769. The molecule has 98 valence electrons. The summed E-state index contributed by atoms with van der Waals surface area (Å²) >= 11 is 5.93. The highest BCUT2D eigenvalue weighted by Crippen LogP contribution is 2.20. The molecule has 1 amide bonds. The minimum atomic E-state index is -0.498. The van der Waals surface area contributed by atoms with Crippen LogP contribution in [0.5, 0.6) is 0 Å². The Hall–Kier alpha value is -2.14. The van der Waals surface area contributed by atoms with Gasteiger partial charge in [-0.15, -0.1) is 0 Å². The molecule has 0 atom stereocenters. The van der Waals surface area contributed by atoms with Crippen molar-refractivity contribution in [1.82, 2.24) is 4.98 Å². The molecule has 2 aromatic rings. The fourth-order valence-corrected chi connectivity index (χ4v) is 1.76. The molecule has 2 rings (SSSR count). The van der Waals surface area contributed by atoms with Gasteiger partial charge in [-0.3, -0.25) is 4.79 Å². The summed E-state index contributed by atoms with van der Waals surface area (Å²) in [6.45, 7) is 0. The Morgan fingerprint density at radius 1 is 1.37 bits per heavy atom. The van der Waals surface area contributed by atoms with Crippen molar-refractivity contribution in [2.45, 2.75) is 0 Å². The Labute approximate surface area is 114 Å². The number of hydrogen-bond acceptors (Lipinski definition) is 3. The van der Waals surface area contributed by atoms with Gasteiger partial charge < -0.3 is 10.6 Å². The lowest BCUT2D eigenvalue weighted by atomic mass is 10.2. The summed E-state index contributed by atoms with van der Waals surface area (Å²) in [5.74, 6) is -0.493. The van der Waals surface area contributed by atoms with Crippen molar-refractivity contribution in [2.24, 2.45) is 0 Å². The van der Waals surface area contributed by atoms with Crippen LogP contribution in [0.2, 0.25) is 5.02 Å². The Morgan fingerprint density at radius 2 is 2.11 bits per heavy atom. The molecule has 0 saturated heterocycles. The molecule has 0 aliphatic carbocycles. The topological polar surface area (TPSA) is 54.0 Å². The van der Waals surface area contributed by atoms with E-state index in [0.29, 0.717) is 10.8 Å². The van der Waals surface area contributed by atoms with Crippen LogP contribution in [0.1, 0.15) is 10.4 Å². The standard InChI is InChI=1S/C13H11ClFN3O/c1-16-12-9(14)6-8(7-17-12)13(19)18-11-5-3-2-4-10(11)15/h2-7H,1H3,(H,16,17)(H,18,19). The van der Waals surface area contributed by atoms with E-state index in [1.54, 1.807) is 19.2 Å². The third-order valence-electron chi connectivity index (χ3n) is 2.46. The van der Waals surface area contributed by atoms with E-state index < -0.39 is 11.7 Å². The maximum Gasteiger partial charge on any atom is 0.257 e. The summed E-state index contributed by atoms with van der Waals surface area (Å²) in [6.07, 6.45) is 1.37. The molecule has 0 aliphatic heterocycles. The van der Waals surface area contributed by atoms with Crippen LogP contribution in [0.3, 0.4) is 0 Å². The lowest BCUT2D eigenvalue weighted by Crippen LogP contribution is -2.13. The summed E-state index contributed by atoms with van der Waals surface area (Å²) < 4.78 is 13.4. The highest BCUT2D eigenvalue weighted by molar-refractivity contribution is 6.33. The maximum absolute atomic E-state index is 13.4. The minimum Gasteiger partial charge on any atom is -0.372 e. The quantitative estimate of drug-likeness (QED) is 0.907. The van der Waals surface area contributed by atoms with E-state index in [-0.39, 0.29) is 11.3 Å². The van der Waals surface area contributed by atoms with Gasteiger partial charge in [-0.25, -0.2) is 9.37 Å². The number of para-hydroxylation sites is 1. The molecule has 1 heterocycles. The first-order chi connectivity index (χ1) is 9.11. The minimum absolute atomic E-state index is 0.112. The number of aromatic nitrogens is 1. The van der Waals surface area contributed by atoms with Gasteiger partial charge in [0.05, 0.1) is 16.3 Å².